The summed E-state index contributed by atoms with van der Waals surface area (Å²) < 4.78 is 4.64. The van der Waals surface area contributed by atoms with Crippen LogP contribution in [-0.4, -0.2) is 23.3 Å². The lowest BCUT2D eigenvalue weighted by atomic mass is 9.97. The summed E-state index contributed by atoms with van der Waals surface area (Å²) in [6, 6.07) is 10.4. The number of hydrogen-bond donors (Lipinski definition) is 2. The summed E-state index contributed by atoms with van der Waals surface area (Å²) in [7, 11) is 1.36. The second kappa shape index (κ2) is 7.49. The van der Waals surface area contributed by atoms with Crippen molar-refractivity contribution in [3.63, 3.8) is 0 Å². The van der Waals surface area contributed by atoms with E-state index in [4.69, 9.17) is 0 Å². The van der Waals surface area contributed by atoms with Crippen molar-refractivity contribution in [3.8, 4) is 22.6 Å². The summed E-state index contributed by atoms with van der Waals surface area (Å²) >= 11 is 0. The first-order chi connectivity index (χ1) is 11.0. The quantitative estimate of drug-likeness (QED) is 0.632. The van der Waals surface area contributed by atoms with Gasteiger partial charge in [-0.05, 0) is 53.8 Å². The largest absolute Gasteiger partial charge is 0.508 e. The van der Waals surface area contributed by atoms with Crippen LogP contribution < -0.4 is 0 Å². The van der Waals surface area contributed by atoms with Crippen molar-refractivity contribution in [1.29, 1.82) is 0 Å². The number of carbonyl (C=O) groups is 1. The third kappa shape index (κ3) is 4.13. The molecule has 0 aliphatic heterocycles. The molecule has 4 nitrogen and oxygen atoms in total. The number of ether oxygens (including phenoxy) is 1. The molecule has 0 fully saturated rings. The fraction of sp³-hybridized carbons (Fsp3) is 0.211. The van der Waals surface area contributed by atoms with E-state index >= 15 is 0 Å². The van der Waals surface area contributed by atoms with Crippen molar-refractivity contribution in [2.75, 3.05) is 7.11 Å². The Hall–Kier alpha value is -2.75. The standard InChI is InChI=1S/C19H20O4/c1-3-4-15-12-14(7-9-17(15)20)16-11-13(5-8-18(16)21)6-10-19(22)23-2/h3,5,7-9,11-12,20-21H,1,4,6,10H2,2H3. The van der Waals surface area contributed by atoms with Gasteiger partial charge < -0.3 is 14.9 Å². The van der Waals surface area contributed by atoms with Crippen LogP contribution in [0.15, 0.2) is 49.1 Å². The van der Waals surface area contributed by atoms with Crippen LogP contribution in [0.1, 0.15) is 17.5 Å². The van der Waals surface area contributed by atoms with Gasteiger partial charge in [0.25, 0.3) is 0 Å². The molecule has 0 amide bonds. The highest BCUT2D eigenvalue weighted by Crippen LogP contribution is 2.33. The molecule has 23 heavy (non-hydrogen) atoms. The molecule has 2 rings (SSSR count). The maximum atomic E-state index is 11.3. The Morgan fingerprint density at radius 2 is 1.91 bits per heavy atom. The van der Waals surface area contributed by atoms with Crippen LogP contribution >= 0.6 is 0 Å². The molecule has 0 aliphatic carbocycles. The second-order valence-electron chi connectivity index (χ2n) is 5.26. The zero-order valence-corrected chi connectivity index (χ0v) is 13.1. The number of allylic oxidation sites excluding steroid dienone is 1. The molecule has 2 aromatic carbocycles. The smallest absolute Gasteiger partial charge is 0.305 e. The zero-order chi connectivity index (χ0) is 16.8. The Bertz CT molecular complexity index is 719. The molecule has 0 atom stereocenters. The van der Waals surface area contributed by atoms with E-state index in [1.807, 2.05) is 12.1 Å². The highest BCUT2D eigenvalue weighted by molar-refractivity contribution is 5.73. The molecule has 0 saturated carbocycles. The normalized spacial score (nSPS) is 10.3. The van der Waals surface area contributed by atoms with E-state index in [0.717, 1.165) is 16.7 Å². The van der Waals surface area contributed by atoms with Gasteiger partial charge in [0.15, 0.2) is 0 Å². The van der Waals surface area contributed by atoms with Gasteiger partial charge in [-0.2, -0.15) is 0 Å². The first-order valence-electron chi connectivity index (χ1n) is 7.37. The average molecular weight is 312 g/mol. The Kier molecular flexibility index (Phi) is 5.41. The minimum absolute atomic E-state index is 0.155. The van der Waals surface area contributed by atoms with Gasteiger partial charge in [0.2, 0.25) is 0 Å². The molecular formula is C19H20O4. The number of benzene rings is 2. The highest BCUT2D eigenvalue weighted by atomic mass is 16.5. The van der Waals surface area contributed by atoms with Gasteiger partial charge in [-0.15, -0.1) is 6.58 Å². The van der Waals surface area contributed by atoms with Crippen molar-refractivity contribution in [3.05, 3.63) is 60.2 Å². The predicted octanol–water partition coefficient (Wildman–Crippen LogP) is 3.60. The third-order valence-corrected chi connectivity index (χ3v) is 3.66. The van der Waals surface area contributed by atoms with E-state index in [1.165, 1.54) is 7.11 Å². The minimum Gasteiger partial charge on any atom is -0.508 e. The van der Waals surface area contributed by atoms with Crippen LogP contribution in [0.3, 0.4) is 0 Å². The number of phenols is 2. The van der Waals surface area contributed by atoms with Crippen LogP contribution in [0.5, 0.6) is 11.5 Å². The van der Waals surface area contributed by atoms with Crippen molar-refractivity contribution in [2.45, 2.75) is 19.3 Å². The summed E-state index contributed by atoms with van der Waals surface area (Å²) in [5.74, 6) is 0.0922. The van der Waals surface area contributed by atoms with E-state index in [1.54, 1.807) is 30.3 Å². The molecule has 120 valence electrons. The van der Waals surface area contributed by atoms with Crippen LogP contribution in [0.4, 0.5) is 0 Å². The van der Waals surface area contributed by atoms with Crippen LogP contribution in [-0.2, 0) is 22.4 Å². The predicted molar refractivity (Wildman–Crippen MR) is 89.4 cm³/mol. The molecule has 0 aliphatic rings. The van der Waals surface area contributed by atoms with E-state index in [2.05, 4.69) is 11.3 Å². The number of aromatic hydroxyl groups is 2. The van der Waals surface area contributed by atoms with Crippen molar-refractivity contribution in [1.82, 2.24) is 0 Å². The minimum atomic E-state index is -0.266. The lowest BCUT2D eigenvalue weighted by Gasteiger charge is -2.10. The SMILES string of the molecule is C=CCc1cc(-c2cc(CCC(=O)OC)ccc2O)ccc1O. The van der Waals surface area contributed by atoms with Gasteiger partial charge in [0, 0.05) is 12.0 Å². The molecule has 2 aromatic rings. The van der Waals surface area contributed by atoms with Gasteiger partial charge in [-0.25, -0.2) is 0 Å². The van der Waals surface area contributed by atoms with Crippen molar-refractivity contribution >= 4 is 5.97 Å². The molecule has 2 N–H and O–H groups in total. The van der Waals surface area contributed by atoms with E-state index in [-0.39, 0.29) is 23.9 Å². The Labute approximate surface area is 135 Å². The highest BCUT2D eigenvalue weighted by Gasteiger charge is 2.10. The number of phenolic OH excluding ortho intramolecular Hbond substituents is 2. The molecule has 0 spiro atoms. The fourth-order valence-corrected chi connectivity index (χ4v) is 2.39. The fourth-order valence-electron chi connectivity index (χ4n) is 2.39. The summed E-state index contributed by atoms with van der Waals surface area (Å²) in [6.07, 6.45) is 3.09. The summed E-state index contributed by atoms with van der Waals surface area (Å²) in [4.78, 5) is 11.3. The zero-order valence-electron chi connectivity index (χ0n) is 13.1. The Morgan fingerprint density at radius 3 is 2.61 bits per heavy atom. The molecule has 0 saturated heterocycles. The summed E-state index contributed by atoms with van der Waals surface area (Å²) in [6.45, 7) is 3.68. The van der Waals surface area contributed by atoms with E-state index < -0.39 is 0 Å². The van der Waals surface area contributed by atoms with Gasteiger partial charge in [-0.1, -0.05) is 18.2 Å². The van der Waals surface area contributed by atoms with Crippen LogP contribution in [0, 0.1) is 0 Å². The number of methoxy groups -OCH3 is 1. The molecule has 0 unspecified atom stereocenters. The lowest BCUT2D eigenvalue weighted by Crippen LogP contribution is -2.01. The first-order valence-corrected chi connectivity index (χ1v) is 7.37. The van der Waals surface area contributed by atoms with Crippen LogP contribution in [0.25, 0.3) is 11.1 Å². The molecular weight excluding hydrogens is 292 g/mol. The molecule has 0 aromatic heterocycles. The summed E-state index contributed by atoms with van der Waals surface area (Å²) in [5.41, 5.74) is 3.15. The van der Waals surface area contributed by atoms with Gasteiger partial charge in [0.1, 0.15) is 11.5 Å². The second-order valence-corrected chi connectivity index (χ2v) is 5.26. The van der Waals surface area contributed by atoms with Gasteiger partial charge >= 0.3 is 5.97 Å². The maximum absolute atomic E-state index is 11.3. The van der Waals surface area contributed by atoms with Gasteiger partial charge in [-0.3, -0.25) is 4.79 Å². The number of hydrogen-bond acceptors (Lipinski definition) is 4. The number of carbonyl (C=O) groups excluding carboxylic acids is 1. The van der Waals surface area contributed by atoms with E-state index in [9.17, 15) is 15.0 Å². The lowest BCUT2D eigenvalue weighted by molar-refractivity contribution is -0.140. The molecule has 4 heteroatoms. The Morgan fingerprint density at radius 1 is 1.17 bits per heavy atom. The maximum Gasteiger partial charge on any atom is 0.305 e. The third-order valence-electron chi connectivity index (χ3n) is 3.66. The molecule has 0 radical (unpaired) electrons. The molecule has 0 heterocycles. The van der Waals surface area contributed by atoms with Gasteiger partial charge in [0.05, 0.1) is 7.11 Å². The van der Waals surface area contributed by atoms with Crippen LogP contribution in [0.2, 0.25) is 0 Å². The number of rotatable bonds is 6. The molecule has 0 bridgehead atoms. The number of aryl methyl sites for hydroxylation is 1. The topological polar surface area (TPSA) is 66.8 Å². The van der Waals surface area contributed by atoms with Crippen molar-refractivity contribution < 1.29 is 19.7 Å². The Balaban J connectivity index is 2.33. The number of esters is 1. The van der Waals surface area contributed by atoms with Crippen molar-refractivity contribution in [2.24, 2.45) is 0 Å². The van der Waals surface area contributed by atoms with E-state index in [0.29, 0.717) is 18.4 Å². The summed E-state index contributed by atoms with van der Waals surface area (Å²) in [5, 5.41) is 20.0. The monoisotopic (exact) mass is 312 g/mol. The average Bonchev–Trinajstić information content (AvgIpc) is 2.56. The first kappa shape index (κ1) is 16.6.